The van der Waals surface area contributed by atoms with E-state index in [1.807, 2.05) is 13.8 Å². The fourth-order valence-electron chi connectivity index (χ4n) is 1.77. The molecule has 6 nitrogen and oxygen atoms in total. The summed E-state index contributed by atoms with van der Waals surface area (Å²) in [4.78, 5) is 17.3. The minimum atomic E-state index is 0.229. The Kier molecular flexibility index (Phi) is 5.03. The van der Waals surface area contributed by atoms with Crippen LogP contribution in [0.5, 0.6) is 0 Å². The van der Waals surface area contributed by atoms with Crippen molar-refractivity contribution in [1.82, 2.24) is 19.9 Å². The molecule has 20 heavy (non-hydrogen) atoms. The van der Waals surface area contributed by atoms with Crippen LogP contribution in [0.1, 0.15) is 30.7 Å². The van der Waals surface area contributed by atoms with Gasteiger partial charge in [-0.25, -0.2) is 9.97 Å². The van der Waals surface area contributed by atoms with Crippen molar-refractivity contribution in [2.45, 2.75) is 33.1 Å². The van der Waals surface area contributed by atoms with Crippen molar-refractivity contribution in [3.05, 3.63) is 16.5 Å². The monoisotopic (exact) mass is 295 g/mol. The SMILES string of the molecule is Cc1nc2nc(NCCCCCO)nc(Cl)c2nc1C. The molecule has 0 atom stereocenters. The van der Waals surface area contributed by atoms with Crippen molar-refractivity contribution in [3.63, 3.8) is 0 Å². The number of nitrogens with one attached hydrogen (secondary N) is 1. The third-order valence-corrected chi connectivity index (χ3v) is 3.28. The van der Waals surface area contributed by atoms with Crippen LogP contribution in [0.2, 0.25) is 5.15 Å². The lowest BCUT2D eigenvalue weighted by molar-refractivity contribution is 0.283. The predicted octanol–water partition coefficient (Wildman–Crippen LogP) is 2.26. The highest BCUT2D eigenvalue weighted by Gasteiger charge is 2.10. The van der Waals surface area contributed by atoms with E-state index in [0.717, 1.165) is 37.2 Å². The molecule has 0 saturated heterocycles. The molecule has 0 spiro atoms. The van der Waals surface area contributed by atoms with Crippen molar-refractivity contribution < 1.29 is 5.11 Å². The molecular formula is C13H18ClN5O. The first-order valence-corrected chi connectivity index (χ1v) is 7.03. The molecule has 0 aliphatic carbocycles. The van der Waals surface area contributed by atoms with E-state index in [9.17, 15) is 0 Å². The Morgan fingerprint density at radius 3 is 2.50 bits per heavy atom. The molecule has 0 aromatic carbocycles. The number of aliphatic hydroxyl groups excluding tert-OH is 1. The summed E-state index contributed by atoms with van der Waals surface area (Å²) in [6, 6.07) is 0. The van der Waals surface area contributed by atoms with E-state index < -0.39 is 0 Å². The van der Waals surface area contributed by atoms with Gasteiger partial charge in [-0.2, -0.15) is 9.97 Å². The Hall–Kier alpha value is -1.53. The normalized spacial score (nSPS) is 11.0. The summed E-state index contributed by atoms with van der Waals surface area (Å²) in [5, 5.41) is 12.1. The van der Waals surface area contributed by atoms with Crippen molar-refractivity contribution in [2.24, 2.45) is 0 Å². The van der Waals surface area contributed by atoms with Crippen LogP contribution in [0, 0.1) is 13.8 Å². The summed E-state index contributed by atoms with van der Waals surface area (Å²) in [5.74, 6) is 0.462. The quantitative estimate of drug-likeness (QED) is 0.628. The van der Waals surface area contributed by atoms with Gasteiger partial charge in [-0.3, -0.25) is 0 Å². The molecule has 0 fully saturated rings. The molecule has 108 valence electrons. The number of rotatable bonds is 6. The topological polar surface area (TPSA) is 83.8 Å². The van der Waals surface area contributed by atoms with E-state index in [1.54, 1.807) is 0 Å². The highest BCUT2D eigenvalue weighted by atomic mass is 35.5. The number of aromatic nitrogens is 4. The van der Waals surface area contributed by atoms with Crippen LogP contribution in [-0.4, -0.2) is 38.2 Å². The molecule has 0 amide bonds. The Morgan fingerprint density at radius 1 is 1.00 bits per heavy atom. The zero-order valence-electron chi connectivity index (χ0n) is 11.6. The minimum absolute atomic E-state index is 0.229. The summed E-state index contributed by atoms with van der Waals surface area (Å²) in [7, 11) is 0. The van der Waals surface area contributed by atoms with Crippen LogP contribution in [0.3, 0.4) is 0 Å². The van der Waals surface area contributed by atoms with E-state index >= 15 is 0 Å². The van der Waals surface area contributed by atoms with Crippen LogP contribution in [0.15, 0.2) is 0 Å². The zero-order valence-corrected chi connectivity index (χ0v) is 12.4. The minimum Gasteiger partial charge on any atom is -0.396 e. The first kappa shape index (κ1) is 14.9. The molecule has 0 aliphatic heterocycles. The molecule has 0 saturated carbocycles. The number of fused-ring (bicyclic) bond motifs is 1. The average Bonchev–Trinajstić information content (AvgIpc) is 2.41. The molecule has 0 aliphatic rings. The van der Waals surface area contributed by atoms with Gasteiger partial charge in [0.05, 0.1) is 11.4 Å². The highest BCUT2D eigenvalue weighted by molar-refractivity contribution is 6.33. The summed E-state index contributed by atoms with van der Waals surface area (Å²) in [5.41, 5.74) is 2.69. The molecule has 2 aromatic rings. The first-order chi connectivity index (χ1) is 9.61. The molecule has 7 heteroatoms. The average molecular weight is 296 g/mol. The van der Waals surface area contributed by atoms with Crippen molar-refractivity contribution in [3.8, 4) is 0 Å². The van der Waals surface area contributed by atoms with Crippen molar-refractivity contribution in [2.75, 3.05) is 18.5 Å². The van der Waals surface area contributed by atoms with Crippen molar-refractivity contribution >= 4 is 28.7 Å². The Labute approximate surface area is 122 Å². The number of aliphatic hydroxyl groups is 1. The van der Waals surface area contributed by atoms with Gasteiger partial charge >= 0.3 is 0 Å². The maximum atomic E-state index is 8.71. The molecule has 2 heterocycles. The number of nitrogens with zero attached hydrogens (tertiary/aromatic N) is 4. The van der Waals surface area contributed by atoms with Gasteiger partial charge in [-0.05, 0) is 33.1 Å². The molecular weight excluding hydrogens is 278 g/mol. The number of hydrogen-bond donors (Lipinski definition) is 2. The molecule has 0 bridgehead atoms. The summed E-state index contributed by atoms with van der Waals surface area (Å²) in [6.45, 7) is 4.73. The zero-order chi connectivity index (χ0) is 14.5. The maximum Gasteiger partial charge on any atom is 0.226 e. The van der Waals surface area contributed by atoms with Gasteiger partial charge in [-0.1, -0.05) is 11.6 Å². The van der Waals surface area contributed by atoms with Gasteiger partial charge in [-0.15, -0.1) is 0 Å². The third kappa shape index (κ3) is 3.52. The number of hydrogen-bond acceptors (Lipinski definition) is 6. The number of halogens is 1. The number of anilines is 1. The molecule has 2 aromatic heterocycles. The highest BCUT2D eigenvalue weighted by Crippen LogP contribution is 2.19. The van der Waals surface area contributed by atoms with E-state index in [-0.39, 0.29) is 6.61 Å². The van der Waals surface area contributed by atoms with Crippen molar-refractivity contribution in [1.29, 1.82) is 0 Å². The summed E-state index contributed by atoms with van der Waals surface area (Å²) in [6.07, 6.45) is 2.71. The second-order valence-electron chi connectivity index (χ2n) is 4.62. The van der Waals surface area contributed by atoms with Gasteiger partial charge in [0.1, 0.15) is 5.52 Å². The largest absolute Gasteiger partial charge is 0.396 e. The van der Waals surface area contributed by atoms with Gasteiger partial charge in [0.25, 0.3) is 0 Å². The predicted molar refractivity (Wildman–Crippen MR) is 79.0 cm³/mol. The third-order valence-electron chi connectivity index (χ3n) is 3.02. The van der Waals surface area contributed by atoms with Crippen LogP contribution in [0.4, 0.5) is 5.95 Å². The molecule has 2 rings (SSSR count). The fraction of sp³-hybridized carbons (Fsp3) is 0.538. The standard InChI is InChI=1S/C13H18ClN5O/c1-8-9(2)17-12-10(16-8)11(14)18-13(19-12)15-6-4-3-5-7-20/h20H,3-7H2,1-2H3,(H,15,17,18,19). The van der Waals surface area contributed by atoms with Gasteiger partial charge in [0, 0.05) is 13.2 Å². The van der Waals surface area contributed by atoms with Gasteiger partial charge in [0.15, 0.2) is 10.8 Å². The maximum absolute atomic E-state index is 8.71. The van der Waals surface area contributed by atoms with Gasteiger partial charge < -0.3 is 10.4 Å². The van der Waals surface area contributed by atoms with E-state index in [1.165, 1.54) is 0 Å². The lowest BCUT2D eigenvalue weighted by atomic mass is 10.2. The fourth-order valence-corrected chi connectivity index (χ4v) is 1.98. The second kappa shape index (κ2) is 6.76. The van der Waals surface area contributed by atoms with E-state index in [0.29, 0.717) is 22.3 Å². The smallest absolute Gasteiger partial charge is 0.226 e. The lowest BCUT2D eigenvalue weighted by Gasteiger charge is -2.07. The molecule has 2 N–H and O–H groups in total. The number of unbranched alkanes of at least 4 members (excludes halogenated alkanes) is 2. The molecule has 0 radical (unpaired) electrons. The summed E-state index contributed by atoms with van der Waals surface area (Å²) < 4.78 is 0. The van der Waals surface area contributed by atoms with Gasteiger partial charge in [0.2, 0.25) is 5.95 Å². The number of aryl methyl sites for hydroxylation is 2. The Balaban J connectivity index is 2.13. The van der Waals surface area contributed by atoms with E-state index in [2.05, 4.69) is 25.3 Å². The Morgan fingerprint density at radius 2 is 1.75 bits per heavy atom. The van der Waals surface area contributed by atoms with Crippen LogP contribution in [0.25, 0.3) is 11.2 Å². The lowest BCUT2D eigenvalue weighted by Crippen LogP contribution is -2.07. The Bertz CT molecular complexity index is 605. The summed E-state index contributed by atoms with van der Waals surface area (Å²) >= 11 is 6.12. The van der Waals surface area contributed by atoms with Crippen LogP contribution in [-0.2, 0) is 0 Å². The first-order valence-electron chi connectivity index (χ1n) is 6.65. The van der Waals surface area contributed by atoms with Crippen LogP contribution < -0.4 is 5.32 Å². The second-order valence-corrected chi connectivity index (χ2v) is 4.97. The molecule has 0 unspecified atom stereocenters. The van der Waals surface area contributed by atoms with E-state index in [4.69, 9.17) is 16.7 Å². The van der Waals surface area contributed by atoms with Crippen LogP contribution >= 0.6 is 11.6 Å².